The molecule has 1 aromatic carbocycles. The highest BCUT2D eigenvalue weighted by Gasteiger charge is 2.28. The van der Waals surface area contributed by atoms with E-state index in [4.69, 9.17) is 0 Å². The summed E-state index contributed by atoms with van der Waals surface area (Å²) in [5.74, 6) is 0.0638. The SMILES string of the molecule is CNCCNC(=O)C(C)(C)c1ccccc1.Cl. The number of carbonyl (C=O) groups excluding carboxylic acids is 1. The predicted octanol–water partition coefficient (Wildman–Crippen LogP) is 1.72. The number of nitrogens with one attached hydrogen (secondary N) is 2. The topological polar surface area (TPSA) is 41.1 Å². The van der Waals surface area contributed by atoms with Gasteiger partial charge in [-0.25, -0.2) is 0 Å². The Bertz CT molecular complexity index is 339. The maximum Gasteiger partial charge on any atom is 0.230 e. The van der Waals surface area contributed by atoms with Gasteiger partial charge in [-0.1, -0.05) is 30.3 Å². The molecule has 0 spiro atoms. The minimum atomic E-state index is -0.477. The second-order valence-electron chi connectivity index (χ2n) is 4.35. The van der Waals surface area contributed by atoms with Crippen molar-refractivity contribution in [2.75, 3.05) is 20.1 Å². The van der Waals surface area contributed by atoms with Gasteiger partial charge >= 0.3 is 0 Å². The smallest absolute Gasteiger partial charge is 0.230 e. The fraction of sp³-hybridized carbons (Fsp3) is 0.462. The largest absolute Gasteiger partial charge is 0.354 e. The zero-order valence-corrected chi connectivity index (χ0v) is 11.4. The summed E-state index contributed by atoms with van der Waals surface area (Å²) in [7, 11) is 1.87. The second kappa shape index (κ2) is 7.30. The molecule has 0 heterocycles. The van der Waals surface area contributed by atoms with Crippen LogP contribution in [0.15, 0.2) is 30.3 Å². The number of halogens is 1. The first-order valence-corrected chi connectivity index (χ1v) is 5.57. The first-order chi connectivity index (χ1) is 7.59. The van der Waals surface area contributed by atoms with Crippen molar-refractivity contribution >= 4 is 18.3 Å². The molecule has 0 saturated heterocycles. The summed E-state index contributed by atoms with van der Waals surface area (Å²) in [5, 5.41) is 5.92. The van der Waals surface area contributed by atoms with Crippen molar-refractivity contribution in [2.24, 2.45) is 0 Å². The summed E-state index contributed by atoms with van der Waals surface area (Å²) in [5.41, 5.74) is 0.562. The molecule has 0 fully saturated rings. The van der Waals surface area contributed by atoms with Crippen molar-refractivity contribution in [3.05, 3.63) is 35.9 Å². The van der Waals surface area contributed by atoms with Crippen molar-refractivity contribution in [1.82, 2.24) is 10.6 Å². The van der Waals surface area contributed by atoms with Gasteiger partial charge in [-0.3, -0.25) is 4.79 Å². The molecule has 96 valence electrons. The molecular weight excluding hydrogens is 236 g/mol. The average molecular weight is 257 g/mol. The van der Waals surface area contributed by atoms with Crippen LogP contribution in [0.4, 0.5) is 0 Å². The number of likely N-dealkylation sites (N-methyl/N-ethyl adjacent to an activating group) is 1. The van der Waals surface area contributed by atoms with Gasteiger partial charge in [0.25, 0.3) is 0 Å². The van der Waals surface area contributed by atoms with Crippen LogP contribution in [-0.2, 0) is 10.2 Å². The Labute approximate surface area is 109 Å². The zero-order valence-electron chi connectivity index (χ0n) is 10.6. The maximum atomic E-state index is 12.0. The van der Waals surface area contributed by atoms with Crippen molar-refractivity contribution < 1.29 is 4.79 Å². The molecule has 0 saturated carbocycles. The van der Waals surface area contributed by atoms with Gasteiger partial charge in [0.15, 0.2) is 0 Å². The number of rotatable bonds is 5. The Hall–Kier alpha value is -1.06. The van der Waals surface area contributed by atoms with Crippen LogP contribution in [0.25, 0.3) is 0 Å². The molecule has 0 aliphatic rings. The van der Waals surface area contributed by atoms with Crippen molar-refractivity contribution in [1.29, 1.82) is 0 Å². The molecule has 0 bridgehead atoms. The lowest BCUT2D eigenvalue weighted by molar-refractivity contribution is -0.125. The van der Waals surface area contributed by atoms with E-state index in [1.807, 2.05) is 51.2 Å². The molecule has 1 aromatic rings. The molecule has 0 radical (unpaired) electrons. The summed E-state index contributed by atoms with van der Waals surface area (Å²) in [6, 6.07) is 9.84. The standard InChI is InChI=1S/C13H20N2O.ClH/c1-13(2,11-7-5-4-6-8-11)12(16)15-10-9-14-3;/h4-8,14H,9-10H2,1-3H3,(H,15,16);1H. The third-order valence-corrected chi connectivity index (χ3v) is 2.72. The lowest BCUT2D eigenvalue weighted by atomic mass is 9.84. The Morgan fingerprint density at radius 1 is 1.18 bits per heavy atom. The highest BCUT2D eigenvalue weighted by molar-refractivity contribution is 5.87. The summed E-state index contributed by atoms with van der Waals surface area (Å²) in [6.45, 7) is 5.33. The number of hydrogen-bond acceptors (Lipinski definition) is 2. The lowest BCUT2D eigenvalue weighted by Crippen LogP contribution is -2.42. The van der Waals surface area contributed by atoms with Gasteiger partial charge in [-0.15, -0.1) is 12.4 Å². The van der Waals surface area contributed by atoms with Crippen LogP contribution < -0.4 is 10.6 Å². The Balaban J connectivity index is 0.00000256. The van der Waals surface area contributed by atoms with Gasteiger partial charge in [0.05, 0.1) is 5.41 Å². The number of benzene rings is 1. The fourth-order valence-electron chi connectivity index (χ4n) is 1.51. The summed E-state index contributed by atoms with van der Waals surface area (Å²) >= 11 is 0. The second-order valence-corrected chi connectivity index (χ2v) is 4.35. The van der Waals surface area contributed by atoms with E-state index in [1.54, 1.807) is 0 Å². The van der Waals surface area contributed by atoms with Crippen molar-refractivity contribution in [3.63, 3.8) is 0 Å². The van der Waals surface area contributed by atoms with Crippen LogP contribution in [-0.4, -0.2) is 26.0 Å². The van der Waals surface area contributed by atoms with E-state index >= 15 is 0 Å². The van der Waals surface area contributed by atoms with Crippen LogP contribution in [0.1, 0.15) is 19.4 Å². The van der Waals surface area contributed by atoms with E-state index in [9.17, 15) is 4.79 Å². The van der Waals surface area contributed by atoms with Crippen LogP contribution in [0.5, 0.6) is 0 Å². The van der Waals surface area contributed by atoms with Gasteiger partial charge in [0.2, 0.25) is 5.91 Å². The van der Waals surface area contributed by atoms with E-state index in [0.717, 1.165) is 12.1 Å². The molecule has 0 aromatic heterocycles. The Morgan fingerprint density at radius 3 is 2.29 bits per heavy atom. The summed E-state index contributed by atoms with van der Waals surface area (Å²) < 4.78 is 0. The van der Waals surface area contributed by atoms with Crippen LogP contribution in [0, 0.1) is 0 Å². The molecular formula is C13H21ClN2O. The molecule has 4 heteroatoms. The monoisotopic (exact) mass is 256 g/mol. The normalized spacial score (nSPS) is 10.5. The molecule has 17 heavy (non-hydrogen) atoms. The lowest BCUT2D eigenvalue weighted by Gasteiger charge is -2.24. The maximum absolute atomic E-state index is 12.0. The zero-order chi connectivity index (χ0) is 12.0. The van der Waals surface area contributed by atoms with E-state index in [1.165, 1.54) is 0 Å². The quantitative estimate of drug-likeness (QED) is 0.788. The first kappa shape index (κ1) is 15.9. The minimum absolute atomic E-state index is 0. The van der Waals surface area contributed by atoms with E-state index in [0.29, 0.717) is 6.54 Å². The molecule has 0 aliphatic carbocycles. The summed E-state index contributed by atoms with van der Waals surface area (Å²) in [4.78, 5) is 12.0. The molecule has 2 N–H and O–H groups in total. The van der Waals surface area contributed by atoms with Crippen LogP contribution >= 0.6 is 12.4 Å². The minimum Gasteiger partial charge on any atom is -0.354 e. The molecule has 1 rings (SSSR count). The fourth-order valence-corrected chi connectivity index (χ4v) is 1.51. The number of amides is 1. The highest BCUT2D eigenvalue weighted by Crippen LogP contribution is 2.22. The van der Waals surface area contributed by atoms with Gasteiger partial charge in [-0.05, 0) is 26.5 Å². The third-order valence-electron chi connectivity index (χ3n) is 2.72. The number of carbonyl (C=O) groups is 1. The average Bonchev–Trinajstić information content (AvgIpc) is 2.30. The van der Waals surface area contributed by atoms with E-state index in [2.05, 4.69) is 10.6 Å². The molecule has 0 aliphatic heterocycles. The molecule has 3 nitrogen and oxygen atoms in total. The Kier molecular flexibility index (Phi) is 6.85. The van der Waals surface area contributed by atoms with E-state index < -0.39 is 5.41 Å². The molecule has 0 atom stereocenters. The summed E-state index contributed by atoms with van der Waals surface area (Å²) in [6.07, 6.45) is 0. The highest BCUT2D eigenvalue weighted by atomic mass is 35.5. The van der Waals surface area contributed by atoms with Crippen LogP contribution in [0.3, 0.4) is 0 Å². The Morgan fingerprint density at radius 2 is 1.76 bits per heavy atom. The number of hydrogen-bond donors (Lipinski definition) is 2. The molecule has 1 amide bonds. The van der Waals surface area contributed by atoms with Gasteiger partial charge in [0, 0.05) is 13.1 Å². The van der Waals surface area contributed by atoms with Crippen molar-refractivity contribution in [2.45, 2.75) is 19.3 Å². The van der Waals surface area contributed by atoms with Crippen molar-refractivity contribution in [3.8, 4) is 0 Å². The molecule has 0 unspecified atom stereocenters. The van der Waals surface area contributed by atoms with Crippen LogP contribution in [0.2, 0.25) is 0 Å². The van der Waals surface area contributed by atoms with E-state index in [-0.39, 0.29) is 18.3 Å². The first-order valence-electron chi connectivity index (χ1n) is 5.57. The predicted molar refractivity (Wildman–Crippen MR) is 73.7 cm³/mol. The third kappa shape index (κ3) is 4.36. The van der Waals surface area contributed by atoms with Gasteiger partial charge in [-0.2, -0.15) is 0 Å². The van der Waals surface area contributed by atoms with Gasteiger partial charge in [0.1, 0.15) is 0 Å². The van der Waals surface area contributed by atoms with Gasteiger partial charge < -0.3 is 10.6 Å².